The van der Waals surface area contributed by atoms with Crippen molar-refractivity contribution in [3.63, 3.8) is 0 Å². The van der Waals surface area contributed by atoms with E-state index in [9.17, 15) is 18.0 Å². The Kier molecular flexibility index (Phi) is 7.16. The molecular weight excluding hydrogens is 401 g/mol. The van der Waals surface area contributed by atoms with Crippen molar-refractivity contribution in [2.75, 3.05) is 6.61 Å². The molecule has 7 heteroatoms. The van der Waals surface area contributed by atoms with Gasteiger partial charge in [-0.1, -0.05) is 15.9 Å². The zero-order valence-electron chi connectivity index (χ0n) is 14.1. The van der Waals surface area contributed by atoms with Crippen LogP contribution >= 0.6 is 15.9 Å². The topological polar surface area (TPSA) is 35.5 Å². The second-order valence-electron chi connectivity index (χ2n) is 6.24. The second kappa shape index (κ2) is 8.92. The van der Waals surface area contributed by atoms with Crippen LogP contribution in [0.3, 0.4) is 0 Å². The standard InChI is InChI=1S/C18H22BrF3O3/c1-2-24-17(23)10-5-12-3-6-13(7-4-12)25-14-8-9-16(19)15(11-14)18(20,21)22/h8-9,11-13H,2-7,10H2,1H3. The molecule has 0 unspecified atom stereocenters. The van der Waals surface area contributed by atoms with Crippen molar-refractivity contribution in [1.82, 2.24) is 0 Å². The zero-order valence-corrected chi connectivity index (χ0v) is 15.7. The van der Waals surface area contributed by atoms with Gasteiger partial charge in [0.2, 0.25) is 0 Å². The van der Waals surface area contributed by atoms with Crippen molar-refractivity contribution in [1.29, 1.82) is 0 Å². The number of carbonyl (C=O) groups excluding carboxylic acids is 1. The first kappa shape index (κ1) is 20.1. The molecule has 1 fully saturated rings. The van der Waals surface area contributed by atoms with Gasteiger partial charge in [-0.2, -0.15) is 13.2 Å². The van der Waals surface area contributed by atoms with Crippen molar-refractivity contribution in [2.24, 2.45) is 5.92 Å². The summed E-state index contributed by atoms with van der Waals surface area (Å²) < 4.78 is 49.5. The van der Waals surface area contributed by atoms with Gasteiger partial charge in [-0.25, -0.2) is 0 Å². The molecule has 0 spiro atoms. The zero-order chi connectivity index (χ0) is 18.4. The highest BCUT2D eigenvalue weighted by molar-refractivity contribution is 9.10. The van der Waals surface area contributed by atoms with Crippen LogP contribution in [0.15, 0.2) is 22.7 Å². The molecule has 1 aromatic carbocycles. The second-order valence-corrected chi connectivity index (χ2v) is 7.10. The van der Waals surface area contributed by atoms with Gasteiger partial charge in [-0.3, -0.25) is 4.79 Å². The highest BCUT2D eigenvalue weighted by Crippen LogP contribution is 2.38. The first-order valence-corrected chi connectivity index (χ1v) is 9.28. The van der Waals surface area contributed by atoms with Gasteiger partial charge >= 0.3 is 12.1 Å². The third-order valence-corrected chi connectivity index (χ3v) is 5.09. The van der Waals surface area contributed by atoms with Crippen LogP contribution in [-0.4, -0.2) is 18.7 Å². The van der Waals surface area contributed by atoms with E-state index in [1.165, 1.54) is 6.07 Å². The maximum absolute atomic E-state index is 12.9. The fraction of sp³-hybridized carbons (Fsp3) is 0.611. The van der Waals surface area contributed by atoms with Crippen LogP contribution in [0.4, 0.5) is 13.2 Å². The lowest BCUT2D eigenvalue weighted by atomic mass is 9.84. The summed E-state index contributed by atoms with van der Waals surface area (Å²) in [5.41, 5.74) is -0.729. The molecule has 0 aliphatic heterocycles. The Morgan fingerprint density at radius 1 is 1.24 bits per heavy atom. The van der Waals surface area contributed by atoms with E-state index in [0.717, 1.165) is 38.2 Å². The van der Waals surface area contributed by atoms with Crippen LogP contribution in [-0.2, 0) is 15.7 Å². The molecule has 0 saturated heterocycles. The van der Waals surface area contributed by atoms with E-state index in [4.69, 9.17) is 9.47 Å². The normalized spacial score (nSPS) is 21.0. The Morgan fingerprint density at radius 3 is 2.52 bits per heavy atom. The first-order valence-electron chi connectivity index (χ1n) is 8.48. The fourth-order valence-corrected chi connectivity index (χ4v) is 3.55. The van der Waals surface area contributed by atoms with Gasteiger partial charge in [0, 0.05) is 10.9 Å². The maximum atomic E-state index is 12.9. The number of alkyl halides is 3. The third-order valence-electron chi connectivity index (χ3n) is 4.40. The largest absolute Gasteiger partial charge is 0.490 e. The van der Waals surface area contributed by atoms with Gasteiger partial charge in [0.1, 0.15) is 5.75 Å². The van der Waals surface area contributed by atoms with E-state index in [0.29, 0.717) is 18.9 Å². The first-order chi connectivity index (χ1) is 11.8. The molecule has 2 rings (SSSR count). The number of carbonyl (C=O) groups is 1. The van der Waals surface area contributed by atoms with E-state index in [1.807, 2.05) is 0 Å². The Morgan fingerprint density at radius 2 is 1.92 bits per heavy atom. The molecule has 140 valence electrons. The molecule has 0 heterocycles. The van der Waals surface area contributed by atoms with Crippen LogP contribution in [0.25, 0.3) is 0 Å². The molecule has 0 aromatic heterocycles. The molecule has 3 nitrogen and oxygen atoms in total. The Labute approximate surface area is 154 Å². The summed E-state index contributed by atoms with van der Waals surface area (Å²) in [6.07, 6.45) is 0.104. The van der Waals surface area contributed by atoms with E-state index < -0.39 is 11.7 Å². The van der Waals surface area contributed by atoms with Crippen LogP contribution in [0, 0.1) is 5.92 Å². The lowest BCUT2D eigenvalue weighted by Gasteiger charge is -2.29. The summed E-state index contributed by atoms with van der Waals surface area (Å²) >= 11 is 2.93. The van der Waals surface area contributed by atoms with Crippen molar-refractivity contribution in [3.05, 3.63) is 28.2 Å². The summed E-state index contributed by atoms with van der Waals surface area (Å²) in [4.78, 5) is 11.4. The minimum absolute atomic E-state index is 0.00928. The lowest BCUT2D eigenvalue weighted by molar-refractivity contribution is -0.143. The Bertz CT molecular complexity index is 581. The number of hydrogen-bond acceptors (Lipinski definition) is 3. The van der Waals surface area contributed by atoms with Crippen LogP contribution in [0.1, 0.15) is 51.0 Å². The highest BCUT2D eigenvalue weighted by Gasteiger charge is 2.33. The summed E-state index contributed by atoms with van der Waals surface area (Å²) in [5, 5.41) is 0. The third kappa shape index (κ3) is 6.20. The number of esters is 1. The molecule has 0 amide bonds. The molecule has 1 aromatic rings. The van der Waals surface area contributed by atoms with Gasteiger partial charge in [0.05, 0.1) is 18.3 Å². The predicted molar refractivity (Wildman–Crippen MR) is 91.4 cm³/mol. The van der Waals surface area contributed by atoms with Gasteiger partial charge < -0.3 is 9.47 Å². The summed E-state index contributed by atoms with van der Waals surface area (Å²) in [6.45, 7) is 2.18. The molecule has 0 atom stereocenters. The molecule has 0 bridgehead atoms. The minimum atomic E-state index is -4.41. The van der Waals surface area contributed by atoms with Gasteiger partial charge in [0.25, 0.3) is 0 Å². The minimum Gasteiger partial charge on any atom is -0.490 e. The molecular formula is C18H22BrF3O3. The van der Waals surface area contributed by atoms with Crippen molar-refractivity contribution >= 4 is 21.9 Å². The van der Waals surface area contributed by atoms with E-state index in [2.05, 4.69) is 15.9 Å². The summed E-state index contributed by atoms with van der Waals surface area (Å²) in [6, 6.07) is 3.95. The molecule has 0 radical (unpaired) electrons. The molecule has 1 aliphatic rings. The van der Waals surface area contributed by atoms with Crippen LogP contribution in [0.5, 0.6) is 5.75 Å². The monoisotopic (exact) mass is 422 g/mol. The average Bonchev–Trinajstić information content (AvgIpc) is 2.55. The molecule has 25 heavy (non-hydrogen) atoms. The predicted octanol–water partition coefficient (Wildman–Crippen LogP) is 5.75. The number of benzene rings is 1. The van der Waals surface area contributed by atoms with Crippen molar-refractivity contribution < 1.29 is 27.4 Å². The highest BCUT2D eigenvalue weighted by atomic mass is 79.9. The number of rotatable bonds is 6. The van der Waals surface area contributed by atoms with E-state index in [-0.39, 0.29) is 22.3 Å². The van der Waals surface area contributed by atoms with Crippen LogP contribution < -0.4 is 4.74 Å². The SMILES string of the molecule is CCOC(=O)CCC1CCC(Oc2ccc(Br)c(C(F)(F)F)c2)CC1. The molecule has 0 N–H and O–H groups in total. The number of halogens is 4. The number of hydrogen-bond donors (Lipinski definition) is 0. The summed E-state index contributed by atoms with van der Waals surface area (Å²) in [5.74, 6) is 0.515. The Balaban J connectivity index is 1.83. The van der Waals surface area contributed by atoms with Crippen LogP contribution in [0.2, 0.25) is 0 Å². The van der Waals surface area contributed by atoms with Gasteiger partial charge in [0.15, 0.2) is 0 Å². The van der Waals surface area contributed by atoms with Crippen molar-refractivity contribution in [2.45, 2.75) is 57.7 Å². The molecule has 1 aliphatic carbocycles. The maximum Gasteiger partial charge on any atom is 0.417 e. The Hall–Kier alpha value is -1.24. The fourth-order valence-electron chi connectivity index (χ4n) is 3.08. The quantitative estimate of drug-likeness (QED) is 0.547. The number of ether oxygens (including phenoxy) is 2. The van der Waals surface area contributed by atoms with Gasteiger partial charge in [-0.05, 0) is 63.1 Å². The van der Waals surface area contributed by atoms with Crippen molar-refractivity contribution in [3.8, 4) is 5.75 Å². The lowest BCUT2D eigenvalue weighted by Crippen LogP contribution is -2.24. The molecule has 1 saturated carbocycles. The summed E-state index contributed by atoms with van der Waals surface area (Å²) in [7, 11) is 0. The average molecular weight is 423 g/mol. The smallest absolute Gasteiger partial charge is 0.417 e. The van der Waals surface area contributed by atoms with E-state index >= 15 is 0 Å². The van der Waals surface area contributed by atoms with E-state index in [1.54, 1.807) is 13.0 Å². The van der Waals surface area contributed by atoms with Gasteiger partial charge in [-0.15, -0.1) is 0 Å².